The summed E-state index contributed by atoms with van der Waals surface area (Å²) >= 11 is 1.26. The van der Waals surface area contributed by atoms with Crippen LogP contribution in [0.1, 0.15) is 16.0 Å². The Hall–Kier alpha value is -1.97. The second kappa shape index (κ2) is 4.91. The summed E-state index contributed by atoms with van der Waals surface area (Å²) in [5, 5.41) is 21.4. The van der Waals surface area contributed by atoms with Crippen LogP contribution in [0.2, 0.25) is 0 Å². The van der Waals surface area contributed by atoms with Crippen molar-refractivity contribution in [2.24, 2.45) is 0 Å². The van der Waals surface area contributed by atoms with Crippen molar-refractivity contribution >= 4 is 22.3 Å². The molecule has 0 saturated heterocycles. The van der Waals surface area contributed by atoms with E-state index in [9.17, 15) is 0 Å². The van der Waals surface area contributed by atoms with Gasteiger partial charge >= 0.3 is 0 Å². The van der Waals surface area contributed by atoms with Crippen LogP contribution >= 0.6 is 11.3 Å². The van der Waals surface area contributed by atoms with Gasteiger partial charge in [0.2, 0.25) is 0 Å². The fraction of sp³-hybridized carbons (Fsp3) is 0.182. The van der Waals surface area contributed by atoms with Crippen LogP contribution in [-0.4, -0.2) is 15.1 Å². The molecule has 0 spiro atoms. The zero-order valence-electron chi connectivity index (χ0n) is 9.14. The summed E-state index contributed by atoms with van der Waals surface area (Å²) < 4.78 is 0. The molecule has 2 aromatic heterocycles. The smallest absolute Gasteiger partial charge is 0.189 e. The third-order valence-electron chi connectivity index (χ3n) is 2.24. The Morgan fingerprint density at radius 2 is 2.29 bits per heavy atom. The SMILES string of the molecule is Cc1cnc(Nc2ncc(C#N)s2)cc1CO. The summed E-state index contributed by atoms with van der Waals surface area (Å²) in [7, 11) is 0. The molecular formula is C11H10N4OS. The van der Waals surface area contributed by atoms with E-state index in [1.165, 1.54) is 17.5 Å². The van der Waals surface area contributed by atoms with Crippen molar-refractivity contribution in [3.63, 3.8) is 0 Å². The number of nitriles is 1. The molecule has 0 unspecified atom stereocenters. The molecule has 2 heterocycles. The second-order valence-corrected chi connectivity index (χ2v) is 4.45. The fourth-order valence-corrected chi connectivity index (χ4v) is 1.92. The van der Waals surface area contributed by atoms with Crippen molar-refractivity contribution in [3.05, 3.63) is 34.5 Å². The number of pyridine rings is 1. The minimum Gasteiger partial charge on any atom is -0.392 e. The van der Waals surface area contributed by atoms with Gasteiger partial charge in [0, 0.05) is 6.20 Å². The Labute approximate surface area is 102 Å². The van der Waals surface area contributed by atoms with Gasteiger partial charge in [-0.15, -0.1) is 0 Å². The Kier molecular flexibility index (Phi) is 3.32. The van der Waals surface area contributed by atoms with Crippen molar-refractivity contribution in [3.8, 4) is 6.07 Å². The first-order chi connectivity index (χ1) is 8.22. The van der Waals surface area contributed by atoms with E-state index < -0.39 is 0 Å². The van der Waals surface area contributed by atoms with Gasteiger partial charge in [-0.05, 0) is 24.1 Å². The Bertz CT molecular complexity index is 573. The van der Waals surface area contributed by atoms with Crippen LogP contribution in [0, 0.1) is 18.3 Å². The highest BCUT2D eigenvalue weighted by atomic mass is 32.1. The number of nitrogens with one attached hydrogen (secondary N) is 1. The summed E-state index contributed by atoms with van der Waals surface area (Å²) in [4.78, 5) is 8.76. The van der Waals surface area contributed by atoms with Crippen LogP contribution in [0.25, 0.3) is 0 Å². The molecule has 0 saturated carbocycles. The van der Waals surface area contributed by atoms with Crippen LogP contribution < -0.4 is 5.32 Å². The summed E-state index contributed by atoms with van der Waals surface area (Å²) in [6, 6.07) is 3.79. The Balaban J connectivity index is 2.21. The van der Waals surface area contributed by atoms with E-state index in [4.69, 9.17) is 10.4 Å². The molecule has 0 aromatic carbocycles. The molecule has 0 aliphatic carbocycles. The third-order valence-corrected chi connectivity index (χ3v) is 3.05. The normalized spacial score (nSPS) is 9.94. The highest BCUT2D eigenvalue weighted by Crippen LogP contribution is 2.21. The van der Waals surface area contributed by atoms with Crippen molar-refractivity contribution < 1.29 is 5.11 Å². The van der Waals surface area contributed by atoms with Crippen LogP contribution in [0.5, 0.6) is 0 Å². The molecule has 0 atom stereocenters. The number of aryl methyl sites for hydroxylation is 1. The number of anilines is 2. The molecule has 0 aliphatic heterocycles. The monoisotopic (exact) mass is 246 g/mol. The van der Waals surface area contributed by atoms with E-state index in [1.807, 2.05) is 13.0 Å². The Morgan fingerprint density at radius 1 is 1.47 bits per heavy atom. The minimum atomic E-state index is -0.0235. The predicted octanol–water partition coefficient (Wildman–Crippen LogP) is 1.95. The number of thiazole rings is 1. The van der Waals surface area contributed by atoms with Crippen LogP contribution in [0.4, 0.5) is 10.9 Å². The summed E-state index contributed by atoms with van der Waals surface area (Å²) in [6.45, 7) is 1.86. The molecule has 0 aliphatic rings. The lowest BCUT2D eigenvalue weighted by molar-refractivity contribution is 0.281. The van der Waals surface area contributed by atoms with Gasteiger partial charge in [-0.3, -0.25) is 0 Å². The molecule has 0 fully saturated rings. The molecular weight excluding hydrogens is 236 g/mol. The van der Waals surface area contributed by atoms with Crippen molar-refractivity contribution in [1.29, 1.82) is 5.26 Å². The van der Waals surface area contributed by atoms with E-state index in [1.54, 1.807) is 12.3 Å². The maximum absolute atomic E-state index is 9.14. The molecule has 86 valence electrons. The van der Waals surface area contributed by atoms with E-state index in [0.717, 1.165) is 11.1 Å². The van der Waals surface area contributed by atoms with E-state index in [2.05, 4.69) is 15.3 Å². The number of aliphatic hydroxyl groups excluding tert-OH is 1. The van der Waals surface area contributed by atoms with E-state index in [-0.39, 0.29) is 6.61 Å². The molecule has 2 rings (SSSR count). The lowest BCUT2D eigenvalue weighted by Crippen LogP contribution is -1.97. The van der Waals surface area contributed by atoms with Crippen LogP contribution in [-0.2, 0) is 6.61 Å². The largest absolute Gasteiger partial charge is 0.392 e. The predicted molar refractivity (Wildman–Crippen MR) is 65.0 cm³/mol. The van der Waals surface area contributed by atoms with Gasteiger partial charge in [-0.25, -0.2) is 9.97 Å². The van der Waals surface area contributed by atoms with Gasteiger partial charge < -0.3 is 10.4 Å². The summed E-state index contributed by atoms with van der Waals surface area (Å²) in [6.07, 6.45) is 3.20. The molecule has 6 heteroatoms. The quantitative estimate of drug-likeness (QED) is 0.865. The van der Waals surface area contributed by atoms with Gasteiger partial charge in [0.25, 0.3) is 0 Å². The second-order valence-electron chi connectivity index (χ2n) is 3.42. The molecule has 2 aromatic rings. The highest BCUT2D eigenvalue weighted by molar-refractivity contribution is 7.16. The molecule has 5 nitrogen and oxygen atoms in total. The average Bonchev–Trinajstić information content (AvgIpc) is 2.79. The number of aliphatic hydroxyl groups is 1. The molecule has 0 amide bonds. The van der Waals surface area contributed by atoms with Gasteiger partial charge in [0.1, 0.15) is 16.8 Å². The number of nitrogens with zero attached hydrogens (tertiary/aromatic N) is 3. The van der Waals surface area contributed by atoms with Gasteiger partial charge in [-0.1, -0.05) is 11.3 Å². The van der Waals surface area contributed by atoms with E-state index >= 15 is 0 Å². The summed E-state index contributed by atoms with van der Waals surface area (Å²) in [5.74, 6) is 0.610. The first-order valence-electron chi connectivity index (χ1n) is 4.92. The number of rotatable bonds is 3. The molecule has 0 radical (unpaired) electrons. The standard InChI is InChI=1S/C11H10N4OS/c1-7-4-13-10(2-8(7)6-16)15-11-14-5-9(3-12)17-11/h2,4-5,16H,6H2,1H3,(H,13,14,15). The molecule has 2 N–H and O–H groups in total. The fourth-order valence-electron chi connectivity index (χ4n) is 1.30. The first kappa shape index (κ1) is 11.5. The van der Waals surface area contributed by atoms with Crippen LogP contribution in [0.15, 0.2) is 18.5 Å². The van der Waals surface area contributed by atoms with Gasteiger partial charge in [0.15, 0.2) is 5.13 Å². The number of aromatic nitrogens is 2. The van der Waals surface area contributed by atoms with Crippen molar-refractivity contribution in [1.82, 2.24) is 9.97 Å². The minimum absolute atomic E-state index is 0.0235. The number of hydrogen-bond acceptors (Lipinski definition) is 6. The van der Waals surface area contributed by atoms with Gasteiger partial charge in [0.05, 0.1) is 12.8 Å². The van der Waals surface area contributed by atoms with Crippen molar-refractivity contribution in [2.75, 3.05) is 5.32 Å². The number of hydrogen-bond donors (Lipinski definition) is 2. The summed E-state index contributed by atoms with van der Waals surface area (Å²) in [5.41, 5.74) is 1.76. The Morgan fingerprint density at radius 3 is 2.94 bits per heavy atom. The average molecular weight is 246 g/mol. The van der Waals surface area contributed by atoms with Crippen molar-refractivity contribution in [2.45, 2.75) is 13.5 Å². The first-order valence-corrected chi connectivity index (χ1v) is 5.74. The van der Waals surface area contributed by atoms with Crippen LogP contribution in [0.3, 0.4) is 0 Å². The zero-order chi connectivity index (χ0) is 12.3. The highest BCUT2D eigenvalue weighted by Gasteiger charge is 2.04. The maximum Gasteiger partial charge on any atom is 0.189 e. The lowest BCUT2D eigenvalue weighted by Gasteiger charge is -2.05. The topological polar surface area (TPSA) is 81.8 Å². The zero-order valence-corrected chi connectivity index (χ0v) is 9.95. The maximum atomic E-state index is 9.14. The molecule has 17 heavy (non-hydrogen) atoms. The van der Waals surface area contributed by atoms with Gasteiger partial charge in [-0.2, -0.15) is 5.26 Å². The lowest BCUT2D eigenvalue weighted by atomic mass is 10.2. The van der Waals surface area contributed by atoms with E-state index in [0.29, 0.717) is 15.8 Å². The third kappa shape index (κ3) is 2.58. The molecule has 0 bridgehead atoms.